The number of benzene rings is 1. The lowest BCUT2D eigenvalue weighted by molar-refractivity contribution is 0.408. The van der Waals surface area contributed by atoms with Gasteiger partial charge in [-0.1, -0.05) is 18.2 Å². The molecule has 5 nitrogen and oxygen atoms in total. The lowest BCUT2D eigenvalue weighted by Gasteiger charge is -2.12. The van der Waals surface area contributed by atoms with Gasteiger partial charge in [0, 0.05) is 17.0 Å². The monoisotopic (exact) mass is 363 g/mol. The van der Waals surface area contributed by atoms with Crippen molar-refractivity contribution in [2.75, 3.05) is 13.7 Å². The Labute approximate surface area is 149 Å². The van der Waals surface area contributed by atoms with E-state index in [4.69, 9.17) is 4.74 Å². The highest BCUT2D eigenvalue weighted by atomic mass is 35.5. The van der Waals surface area contributed by atoms with Gasteiger partial charge in [-0.2, -0.15) is 0 Å². The number of fused-ring (bicyclic) bond motifs is 3. The summed E-state index contributed by atoms with van der Waals surface area (Å²) in [6.07, 6.45) is 2.54. The summed E-state index contributed by atoms with van der Waals surface area (Å²) in [7, 11) is 1.64. The van der Waals surface area contributed by atoms with Crippen LogP contribution < -0.4 is 15.6 Å². The summed E-state index contributed by atoms with van der Waals surface area (Å²) in [6.45, 7) is 2.22. The number of aromatic nitrogens is 2. The Morgan fingerprint density at radius 2 is 2.21 bits per heavy atom. The molecule has 3 aromatic rings. The van der Waals surface area contributed by atoms with Gasteiger partial charge in [0.1, 0.15) is 10.6 Å². The summed E-state index contributed by atoms with van der Waals surface area (Å²) in [5.74, 6) is 0.788. The molecule has 1 aromatic carbocycles. The highest BCUT2D eigenvalue weighted by Crippen LogP contribution is 2.29. The third kappa shape index (κ3) is 2.81. The predicted octanol–water partition coefficient (Wildman–Crippen LogP) is 2.58. The molecule has 3 heterocycles. The first-order chi connectivity index (χ1) is 11.3. The van der Waals surface area contributed by atoms with E-state index in [-0.39, 0.29) is 18.0 Å². The normalized spacial score (nSPS) is 13.4. The maximum Gasteiger partial charge on any atom is 0.262 e. The van der Waals surface area contributed by atoms with E-state index in [1.54, 1.807) is 29.3 Å². The van der Waals surface area contributed by atoms with Gasteiger partial charge in [-0.3, -0.25) is 9.36 Å². The van der Waals surface area contributed by atoms with Gasteiger partial charge in [-0.15, -0.1) is 23.7 Å². The Morgan fingerprint density at radius 1 is 1.38 bits per heavy atom. The van der Waals surface area contributed by atoms with Crippen LogP contribution in [0.1, 0.15) is 16.0 Å². The van der Waals surface area contributed by atoms with Gasteiger partial charge in [0.2, 0.25) is 0 Å². The van der Waals surface area contributed by atoms with E-state index >= 15 is 0 Å². The Bertz CT molecular complexity index is 935. The van der Waals surface area contributed by atoms with Crippen LogP contribution in [0.3, 0.4) is 0 Å². The maximum absolute atomic E-state index is 12.9. The number of para-hydroxylation sites is 1. The highest BCUT2D eigenvalue weighted by Gasteiger charge is 2.19. The lowest BCUT2D eigenvalue weighted by atomic mass is 10.1. The molecule has 0 bridgehead atoms. The second kappa shape index (κ2) is 6.93. The summed E-state index contributed by atoms with van der Waals surface area (Å²) in [5.41, 5.74) is 2.19. The van der Waals surface area contributed by atoms with Crippen LogP contribution in [0.25, 0.3) is 10.2 Å². The van der Waals surface area contributed by atoms with Crippen molar-refractivity contribution < 1.29 is 4.74 Å². The average Bonchev–Trinajstić information content (AvgIpc) is 2.97. The third-order valence-corrected chi connectivity index (χ3v) is 5.37. The second-order valence-electron chi connectivity index (χ2n) is 5.60. The van der Waals surface area contributed by atoms with Crippen LogP contribution in [0.15, 0.2) is 35.4 Å². The number of methoxy groups -OCH3 is 1. The summed E-state index contributed by atoms with van der Waals surface area (Å²) in [5, 5.41) is 4.14. The van der Waals surface area contributed by atoms with Crippen LogP contribution in [-0.4, -0.2) is 23.2 Å². The topological polar surface area (TPSA) is 56.2 Å². The minimum Gasteiger partial charge on any atom is -0.496 e. The van der Waals surface area contributed by atoms with Crippen molar-refractivity contribution in [3.63, 3.8) is 0 Å². The van der Waals surface area contributed by atoms with Crippen molar-refractivity contribution in [1.29, 1.82) is 0 Å². The summed E-state index contributed by atoms with van der Waals surface area (Å²) in [4.78, 5) is 19.5. The van der Waals surface area contributed by atoms with Gasteiger partial charge in [0.05, 0.1) is 25.4 Å². The molecule has 0 aliphatic carbocycles. The molecule has 0 fully saturated rings. The third-order valence-electron chi connectivity index (χ3n) is 4.23. The van der Waals surface area contributed by atoms with E-state index in [9.17, 15) is 4.79 Å². The first kappa shape index (κ1) is 17.0. The minimum atomic E-state index is 0. The van der Waals surface area contributed by atoms with Crippen molar-refractivity contribution in [2.24, 2.45) is 0 Å². The van der Waals surface area contributed by atoms with Gasteiger partial charge < -0.3 is 10.1 Å². The van der Waals surface area contributed by atoms with E-state index in [0.717, 1.165) is 41.0 Å². The minimum absolute atomic E-state index is 0. The summed E-state index contributed by atoms with van der Waals surface area (Å²) >= 11 is 1.62. The number of thiophene rings is 1. The largest absolute Gasteiger partial charge is 0.496 e. The quantitative estimate of drug-likeness (QED) is 0.777. The summed E-state index contributed by atoms with van der Waals surface area (Å²) in [6, 6.07) is 7.76. The van der Waals surface area contributed by atoms with Crippen LogP contribution in [0.5, 0.6) is 5.75 Å². The van der Waals surface area contributed by atoms with Crippen LogP contribution in [0.2, 0.25) is 0 Å². The van der Waals surface area contributed by atoms with Gasteiger partial charge in [0.25, 0.3) is 5.56 Å². The Kier molecular flexibility index (Phi) is 4.89. The fourth-order valence-electron chi connectivity index (χ4n) is 3.08. The molecule has 0 amide bonds. The van der Waals surface area contributed by atoms with E-state index in [2.05, 4.69) is 10.3 Å². The van der Waals surface area contributed by atoms with E-state index in [1.807, 2.05) is 24.3 Å². The Balaban J connectivity index is 0.00000169. The molecule has 1 aliphatic rings. The second-order valence-corrected chi connectivity index (χ2v) is 6.68. The average molecular weight is 364 g/mol. The fraction of sp³-hybridized carbons (Fsp3) is 0.294. The fourth-order valence-corrected chi connectivity index (χ4v) is 4.23. The van der Waals surface area contributed by atoms with Crippen molar-refractivity contribution >= 4 is 34.0 Å². The first-order valence-corrected chi connectivity index (χ1v) is 8.42. The molecule has 0 saturated carbocycles. The van der Waals surface area contributed by atoms with Crippen LogP contribution >= 0.6 is 23.7 Å². The molecule has 2 aromatic heterocycles. The zero-order valence-electron chi connectivity index (χ0n) is 13.2. The lowest BCUT2D eigenvalue weighted by Crippen LogP contribution is -2.25. The molecule has 0 saturated heterocycles. The number of ether oxygens (including phenoxy) is 1. The molecule has 1 N–H and O–H groups in total. The molecule has 0 atom stereocenters. The van der Waals surface area contributed by atoms with Crippen LogP contribution in [-0.2, 0) is 19.5 Å². The van der Waals surface area contributed by atoms with Gasteiger partial charge in [-0.05, 0) is 24.6 Å². The Hall–Kier alpha value is -1.89. The molecule has 0 spiro atoms. The standard InChI is InChI=1S/C17H17N3O2S.ClH/c1-22-13-5-3-2-4-11(13)9-20-10-19-16-15(17(20)21)12-6-7-18-8-14(12)23-16;/h2-5,10,18H,6-9H2,1H3;1H. The summed E-state index contributed by atoms with van der Waals surface area (Å²) < 4.78 is 7.05. The zero-order chi connectivity index (χ0) is 15.8. The SMILES string of the molecule is COc1ccccc1Cn1cnc2sc3c(c2c1=O)CCNC3.Cl. The molecule has 0 unspecified atom stereocenters. The number of rotatable bonds is 3. The number of halogens is 1. The molecule has 4 rings (SSSR count). The molecular weight excluding hydrogens is 346 g/mol. The number of hydrogen-bond acceptors (Lipinski definition) is 5. The predicted molar refractivity (Wildman–Crippen MR) is 98.6 cm³/mol. The van der Waals surface area contributed by atoms with E-state index in [1.165, 1.54) is 10.4 Å². The van der Waals surface area contributed by atoms with E-state index in [0.29, 0.717) is 6.54 Å². The Morgan fingerprint density at radius 3 is 3.04 bits per heavy atom. The zero-order valence-corrected chi connectivity index (χ0v) is 14.9. The number of nitrogens with one attached hydrogen (secondary N) is 1. The smallest absolute Gasteiger partial charge is 0.262 e. The van der Waals surface area contributed by atoms with Gasteiger partial charge in [-0.25, -0.2) is 4.98 Å². The van der Waals surface area contributed by atoms with Crippen molar-refractivity contribution in [2.45, 2.75) is 19.5 Å². The van der Waals surface area contributed by atoms with Crippen molar-refractivity contribution in [3.05, 3.63) is 57.0 Å². The highest BCUT2D eigenvalue weighted by molar-refractivity contribution is 7.18. The van der Waals surface area contributed by atoms with Crippen LogP contribution in [0.4, 0.5) is 0 Å². The van der Waals surface area contributed by atoms with Gasteiger partial charge in [0.15, 0.2) is 0 Å². The molecule has 1 aliphatic heterocycles. The van der Waals surface area contributed by atoms with E-state index < -0.39 is 0 Å². The van der Waals surface area contributed by atoms with Gasteiger partial charge >= 0.3 is 0 Å². The molecule has 7 heteroatoms. The molecular formula is C17H18ClN3O2S. The molecule has 24 heavy (non-hydrogen) atoms. The van der Waals surface area contributed by atoms with Crippen molar-refractivity contribution in [1.82, 2.24) is 14.9 Å². The number of nitrogens with zero attached hydrogens (tertiary/aromatic N) is 2. The number of hydrogen-bond donors (Lipinski definition) is 1. The van der Waals surface area contributed by atoms with Crippen LogP contribution in [0, 0.1) is 0 Å². The molecule has 0 radical (unpaired) electrons. The van der Waals surface area contributed by atoms with Crippen molar-refractivity contribution in [3.8, 4) is 5.75 Å². The first-order valence-electron chi connectivity index (χ1n) is 7.60. The molecule has 126 valence electrons. The maximum atomic E-state index is 12.9.